The van der Waals surface area contributed by atoms with Gasteiger partial charge in [-0.25, -0.2) is 0 Å². The number of nitrogens with zero attached hydrogens (tertiary/aromatic N) is 1. The lowest BCUT2D eigenvalue weighted by Gasteiger charge is -2.25. The third-order valence-corrected chi connectivity index (χ3v) is 3.66. The molecule has 17 heavy (non-hydrogen) atoms. The average molecular weight is 233 g/mol. The lowest BCUT2D eigenvalue weighted by molar-refractivity contribution is 0.237. The quantitative estimate of drug-likeness (QED) is 0.845. The Morgan fingerprint density at radius 1 is 1.06 bits per heavy atom. The van der Waals surface area contributed by atoms with Gasteiger partial charge in [-0.3, -0.25) is 4.90 Å². The van der Waals surface area contributed by atoms with Crippen LogP contribution in [0.5, 0.6) is 5.75 Å². The highest BCUT2D eigenvalue weighted by molar-refractivity contribution is 5.39. The number of phenols is 1. The molecule has 2 rings (SSSR count). The maximum atomic E-state index is 10.0. The zero-order chi connectivity index (χ0) is 12.1. The van der Waals surface area contributed by atoms with Crippen molar-refractivity contribution < 1.29 is 5.11 Å². The number of phenolic OH excluding ortho intramolecular Hbond substituents is 1. The summed E-state index contributed by atoms with van der Waals surface area (Å²) in [5.41, 5.74) is 2.06. The second-order valence-corrected chi connectivity index (χ2v) is 5.13. The number of hydrogen-bond donors (Lipinski definition) is 1. The van der Waals surface area contributed by atoms with Crippen molar-refractivity contribution in [1.82, 2.24) is 4.90 Å². The van der Waals surface area contributed by atoms with Gasteiger partial charge in [-0.2, -0.15) is 0 Å². The van der Waals surface area contributed by atoms with Crippen LogP contribution in [0.15, 0.2) is 18.2 Å². The third kappa shape index (κ3) is 3.47. The Morgan fingerprint density at radius 2 is 1.71 bits per heavy atom. The van der Waals surface area contributed by atoms with Gasteiger partial charge < -0.3 is 5.11 Å². The highest BCUT2D eigenvalue weighted by Gasteiger charge is 2.11. The molecule has 2 heteroatoms. The summed E-state index contributed by atoms with van der Waals surface area (Å²) in [6.07, 6.45) is 6.70. The first-order valence-corrected chi connectivity index (χ1v) is 6.77. The fourth-order valence-electron chi connectivity index (χ4n) is 2.56. The highest BCUT2D eigenvalue weighted by Crippen LogP contribution is 2.23. The number of para-hydroxylation sites is 1. The van der Waals surface area contributed by atoms with E-state index in [-0.39, 0.29) is 0 Å². The van der Waals surface area contributed by atoms with Crippen molar-refractivity contribution in [3.8, 4) is 5.75 Å². The van der Waals surface area contributed by atoms with Gasteiger partial charge in [-0.05, 0) is 38.4 Å². The van der Waals surface area contributed by atoms with Gasteiger partial charge in [-0.1, -0.05) is 37.5 Å². The molecule has 0 amide bonds. The van der Waals surface area contributed by atoms with Crippen LogP contribution in [-0.4, -0.2) is 23.1 Å². The molecule has 1 N–H and O–H groups in total. The average Bonchev–Trinajstić information content (AvgIpc) is 2.28. The number of aryl methyl sites for hydroxylation is 1. The monoisotopic (exact) mass is 233 g/mol. The molecule has 0 spiro atoms. The van der Waals surface area contributed by atoms with Crippen LogP contribution in [0.4, 0.5) is 0 Å². The van der Waals surface area contributed by atoms with Crippen molar-refractivity contribution in [2.45, 2.75) is 45.6 Å². The summed E-state index contributed by atoms with van der Waals surface area (Å²) in [5.74, 6) is 0.481. The van der Waals surface area contributed by atoms with E-state index < -0.39 is 0 Å². The number of benzene rings is 1. The number of rotatable bonds is 2. The molecule has 1 fully saturated rings. The van der Waals surface area contributed by atoms with Crippen molar-refractivity contribution in [1.29, 1.82) is 0 Å². The van der Waals surface area contributed by atoms with Crippen molar-refractivity contribution >= 4 is 0 Å². The van der Waals surface area contributed by atoms with Crippen LogP contribution in [0.25, 0.3) is 0 Å². The summed E-state index contributed by atoms with van der Waals surface area (Å²) in [6, 6.07) is 6.04. The zero-order valence-electron chi connectivity index (χ0n) is 10.8. The van der Waals surface area contributed by atoms with Gasteiger partial charge >= 0.3 is 0 Å². The molecule has 0 saturated carbocycles. The minimum absolute atomic E-state index is 0.481. The van der Waals surface area contributed by atoms with Gasteiger partial charge in [0.1, 0.15) is 5.75 Å². The van der Waals surface area contributed by atoms with Crippen molar-refractivity contribution in [3.05, 3.63) is 29.3 Å². The standard InChI is InChI=1S/C15H23NO/c1-13-8-7-9-14(15(13)17)12-16-10-5-3-2-4-6-11-16/h7-9,17H,2-6,10-12H2,1H3. The zero-order valence-corrected chi connectivity index (χ0v) is 10.8. The summed E-state index contributed by atoms with van der Waals surface area (Å²) in [4.78, 5) is 2.48. The molecule has 1 aromatic rings. The second kappa shape index (κ2) is 6.06. The molecule has 0 bridgehead atoms. The first-order valence-electron chi connectivity index (χ1n) is 6.77. The van der Waals surface area contributed by atoms with E-state index in [4.69, 9.17) is 0 Å². The van der Waals surface area contributed by atoms with Gasteiger partial charge in [0.15, 0.2) is 0 Å². The van der Waals surface area contributed by atoms with Crippen LogP contribution >= 0.6 is 0 Å². The van der Waals surface area contributed by atoms with Crippen LogP contribution in [0, 0.1) is 6.92 Å². The summed E-state index contributed by atoms with van der Waals surface area (Å²) in [7, 11) is 0. The smallest absolute Gasteiger partial charge is 0.122 e. The van der Waals surface area contributed by atoms with Crippen LogP contribution < -0.4 is 0 Å². The van der Waals surface area contributed by atoms with E-state index in [2.05, 4.69) is 4.90 Å². The Bertz CT molecular complexity index is 354. The van der Waals surface area contributed by atoms with E-state index in [1.54, 1.807) is 0 Å². The molecule has 0 unspecified atom stereocenters. The third-order valence-electron chi connectivity index (χ3n) is 3.66. The lowest BCUT2D eigenvalue weighted by atomic mass is 10.1. The molecule has 1 heterocycles. The van der Waals surface area contributed by atoms with E-state index in [0.717, 1.165) is 17.7 Å². The van der Waals surface area contributed by atoms with Crippen molar-refractivity contribution in [2.24, 2.45) is 0 Å². The molecule has 0 atom stereocenters. The summed E-state index contributed by atoms with van der Waals surface area (Å²) in [5, 5.41) is 10.0. The molecular formula is C15H23NO. The maximum Gasteiger partial charge on any atom is 0.122 e. The lowest BCUT2D eigenvalue weighted by Crippen LogP contribution is -2.26. The predicted molar refractivity (Wildman–Crippen MR) is 71.2 cm³/mol. The largest absolute Gasteiger partial charge is 0.507 e. The molecular weight excluding hydrogens is 210 g/mol. The highest BCUT2D eigenvalue weighted by atomic mass is 16.3. The Morgan fingerprint density at radius 3 is 2.41 bits per heavy atom. The Kier molecular flexibility index (Phi) is 4.43. The van der Waals surface area contributed by atoms with E-state index in [1.165, 1.54) is 45.2 Å². The van der Waals surface area contributed by atoms with Crippen LogP contribution in [0.3, 0.4) is 0 Å². The summed E-state index contributed by atoms with van der Waals surface area (Å²) < 4.78 is 0. The van der Waals surface area contributed by atoms with Gasteiger partial charge in [0, 0.05) is 12.1 Å². The Hall–Kier alpha value is -1.02. The molecule has 0 aromatic heterocycles. The molecule has 1 aliphatic rings. The molecule has 1 saturated heterocycles. The minimum atomic E-state index is 0.481. The van der Waals surface area contributed by atoms with Gasteiger partial charge in [0.05, 0.1) is 0 Å². The van der Waals surface area contributed by atoms with E-state index >= 15 is 0 Å². The summed E-state index contributed by atoms with van der Waals surface area (Å²) in [6.45, 7) is 5.21. The molecule has 1 aromatic carbocycles. The Balaban J connectivity index is 2.00. The maximum absolute atomic E-state index is 10.0. The van der Waals surface area contributed by atoms with Crippen LogP contribution in [0.2, 0.25) is 0 Å². The van der Waals surface area contributed by atoms with Gasteiger partial charge in [0.25, 0.3) is 0 Å². The number of aromatic hydroxyl groups is 1. The predicted octanol–water partition coefficient (Wildman–Crippen LogP) is 3.47. The summed E-state index contributed by atoms with van der Waals surface area (Å²) >= 11 is 0. The fourth-order valence-corrected chi connectivity index (χ4v) is 2.56. The fraction of sp³-hybridized carbons (Fsp3) is 0.600. The van der Waals surface area contributed by atoms with Crippen molar-refractivity contribution in [3.63, 3.8) is 0 Å². The van der Waals surface area contributed by atoms with Gasteiger partial charge in [0.2, 0.25) is 0 Å². The van der Waals surface area contributed by atoms with Crippen LogP contribution in [-0.2, 0) is 6.54 Å². The first kappa shape index (κ1) is 12.4. The number of hydrogen-bond acceptors (Lipinski definition) is 2. The van der Waals surface area contributed by atoms with E-state index in [9.17, 15) is 5.11 Å². The second-order valence-electron chi connectivity index (χ2n) is 5.13. The topological polar surface area (TPSA) is 23.5 Å². The number of likely N-dealkylation sites (tertiary alicyclic amines) is 1. The molecule has 94 valence electrons. The molecule has 1 aliphatic heterocycles. The normalized spacial score (nSPS) is 18.6. The van der Waals surface area contributed by atoms with Crippen LogP contribution in [0.1, 0.15) is 43.2 Å². The SMILES string of the molecule is Cc1cccc(CN2CCCCCCC2)c1O. The molecule has 0 radical (unpaired) electrons. The van der Waals surface area contributed by atoms with Gasteiger partial charge in [-0.15, -0.1) is 0 Å². The Labute approximate surface area is 104 Å². The molecule has 2 nitrogen and oxygen atoms in total. The van der Waals surface area contributed by atoms with E-state index in [0.29, 0.717) is 5.75 Å². The van der Waals surface area contributed by atoms with E-state index in [1.807, 2.05) is 25.1 Å². The first-order chi connectivity index (χ1) is 8.27. The molecule has 0 aliphatic carbocycles. The minimum Gasteiger partial charge on any atom is -0.507 e. The van der Waals surface area contributed by atoms with Crippen molar-refractivity contribution in [2.75, 3.05) is 13.1 Å².